The van der Waals surface area contributed by atoms with E-state index in [1.165, 1.54) is 21.7 Å². The van der Waals surface area contributed by atoms with E-state index in [0.717, 1.165) is 12.5 Å². The summed E-state index contributed by atoms with van der Waals surface area (Å²) < 4.78 is 101. The molecule has 0 radical (unpaired) electrons. The number of carbonyl (C=O) groups is 1. The Balaban J connectivity index is 1.15. The van der Waals surface area contributed by atoms with Gasteiger partial charge >= 0.3 is 18.1 Å². The summed E-state index contributed by atoms with van der Waals surface area (Å²) in [6, 6.07) is 0. The van der Waals surface area contributed by atoms with Gasteiger partial charge in [-0.3, -0.25) is 22.6 Å². The van der Waals surface area contributed by atoms with Crippen molar-refractivity contribution < 1.29 is 54.2 Å². The van der Waals surface area contributed by atoms with E-state index in [4.69, 9.17) is 28.4 Å². The molecule has 0 aromatic carbocycles. The molecule has 0 aliphatic carbocycles. The SMILES string of the molecule is Nc1ncnc2c1ncn2C1OC2CNS(=O)(=O)OC3CC(n4cc(F)c5c4N=CCC5=O)OC3COP(=O)(O)OC2C1F. The first kappa shape index (κ1) is 29.4. The standard InChI is InChI=1S/C22H23F2N8O10PS/c23-9-5-31(20-15(9)10(33)1-2-26-20)14-3-11-13(39-14)6-38-43(34,35)41-18-12(4-30-44(36,37)42-11)40-22(16(18)24)32-8-29-17-19(25)27-7-28-21(17)32/h2,5,7-8,11-14,16,18,22,30H,1,3-4,6H2,(H,34,35)(H2,25,27,28). The minimum Gasteiger partial charge on any atom is -0.382 e. The highest BCUT2D eigenvalue weighted by molar-refractivity contribution is 7.84. The Hall–Kier alpha value is -3.27. The van der Waals surface area contributed by atoms with Gasteiger partial charge in [0.15, 0.2) is 35.5 Å². The zero-order valence-electron chi connectivity index (χ0n) is 22.2. The lowest BCUT2D eigenvalue weighted by Gasteiger charge is -2.25. The third kappa shape index (κ3) is 5.12. The molecule has 44 heavy (non-hydrogen) atoms. The number of ether oxygens (including phenoxy) is 2. The van der Waals surface area contributed by atoms with Crippen LogP contribution in [-0.2, 0) is 37.6 Å². The van der Waals surface area contributed by atoms with Crippen molar-refractivity contribution >= 4 is 52.9 Å². The Morgan fingerprint density at radius 2 is 1.98 bits per heavy atom. The molecule has 3 aromatic rings. The van der Waals surface area contributed by atoms with Crippen LogP contribution >= 0.6 is 7.82 Å². The monoisotopic (exact) mass is 660 g/mol. The van der Waals surface area contributed by atoms with Gasteiger partial charge in [-0.1, -0.05) is 0 Å². The fourth-order valence-electron chi connectivity index (χ4n) is 5.53. The highest BCUT2D eigenvalue weighted by atomic mass is 32.2. The zero-order chi connectivity index (χ0) is 31.0. The molecule has 0 bridgehead atoms. The summed E-state index contributed by atoms with van der Waals surface area (Å²) in [5.41, 5.74) is 5.79. The first-order chi connectivity index (χ1) is 20.9. The van der Waals surface area contributed by atoms with E-state index in [-0.39, 0.29) is 41.2 Å². The van der Waals surface area contributed by atoms with Crippen molar-refractivity contribution in [2.75, 3.05) is 18.9 Å². The van der Waals surface area contributed by atoms with Crippen LogP contribution in [-0.4, -0.2) is 93.1 Å². The van der Waals surface area contributed by atoms with Crippen LogP contribution in [0.25, 0.3) is 11.2 Å². The summed E-state index contributed by atoms with van der Waals surface area (Å²) in [5, 5.41) is 0. The molecule has 3 aromatic heterocycles. The number of alkyl halides is 1. The van der Waals surface area contributed by atoms with Crippen LogP contribution in [0.1, 0.15) is 35.7 Å². The van der Waals surface area contributed by atoms with Crippen LogP contribution < -0.4 is 10.5 Å². The fourth-order valence-corrected chi connectivity index (χ4v) is 7.45. The molecular formula is C22H23F2N8O10PS. The summed E-state index contributed by atoms with van der Waals surface area (Å²) in [4.78, 5) is 38.7. The van der Waals surface area contributed by atoms with Gasteiger partial charge in [-0.15, -0.1) is 0 Å². The molecule has 18 nitrogen and oxygen atoms in total. The molecule has 4 N–H and O–H groups in total. The third-order valence-corrected chi connectivity index (χ3v) is 9.52. The van der Waals surface area contributed by atoms with Crippen molar-refractivity contribution in [1.29, 1.82) is 0 Å². The number of nitrogens with zero attached hydrogens (tertiary/aromatic N) is 6. The molecule has 236 valence electrons. The van der Waals surface area contributed by atoms with Crippen LogP contribution in [0.5, 0.6) is 0 Å². The average Bonchev–Trinajstić information content (AvgIpc) is 3.72. The first-order valence-electron chi connectivity index (χ1n) is 13.1. The quantitative estimate of drug-likeness (QED) is 0.320. The molecule has 4 aliphatic rings. The molecule has 8 unspecified atom stereocenters. The van der Waals surface area contributed by atoms with Crippen molar-refractivity contribution in [1.82, 2.24) is 28.8 Å². The molecule has 0 amide bonds. The van der Waals surface area contributed by atoms with Crippen LogP contribution in [0.15, 0.2) is 23.8 Å². The van der Waals surface area contributed by atoms with E-state index >= 15 is 4.39 Å². The smallest absolute Gasteiger partial charge is 0.382 e. The summed E-state index contributed by atoms with van der Waals surface area (Å²) in [5.74, 6) is -1.37. The zero-order valence-corrected chi connectivity index (χ0v) is 23.9. The second-order valence-electron chi connectivity index (χ2n) is 10.3. The first-order valence-corrected chi connectivity index (χ1v) is 16.0. The lowest BCUT2D eigenvalue weighted by molar-refractivity contribution is -0.0473. The van der Waals surface area contributed by atoms with Crippen molar-refractivity contribution in [3.05, 3.63) is 30.2 Å². The number of carbonyl (C=O) groups excluding carboxylic acids is 1. The molecule has 22 heteroatoms. The Bertz CT molecular complexity index is 1840. The maximum atomic E-state index is 15.8. The van der Waals surface area contributed by atoms with Crippen molar-refractivity contribution in [3.8, 4) is 0 Å². The lowest BCUT2D eigenvalue weighted by atomic mass is 10.1. The van der Waals surface area contributed by atoms with E-state index in [1.54, 1.807) is 0 Å². The van der Waals surface area contributed by atoms with Gasteiger partial charge in [-0.05, 0) is 0 Å². The number of halogens is 2. The molecule has 0 spiro atoms. The van der Waals surface area contributed by atoms with Gasteiger partial charge in [-0.2, -0.15) is 13.1 Å². The number of aromatic nitrogens is 5. The Morgan fingerprint density at radius 3 is 2.80 bits per heavy atom. The number of rotatable bonds is 2. The number of nitrogens with one attached hydrogen (secondary N) is 1. The molecular weight excluding hydrogens is 637 g/mol. The van der Waals surface area contributed by atoms with Crippen LogP contribution in [0.3, 0.4) is 0 Å². The number of ketones is 1. The van der Waals surface area contributed by atoms with E-state index in [0.29, 0.717) is 0 Å². The highest BCUT2D eigenvalue weighted by Crippen LogP contribution is 2.50. The van der Waals surface area contributed by atoms with E-state index < -0.39 is 85.9 Å². The van der Waals surface area contributed by atoms with Gasteiger partial charge < -0.3 is 24.7 Å². The molecule has 4 aliphatic heterocycles. The number of nitrogens with two attached hydrogens (primary N) is 1. The van der Waals surface area contributed by atoms with Gasteiger partial charge in [0, 0.05) is 31.8 Å². The topological polar surface area (TPSA) is 234 Å². The Morgan fingerprint density at radius 1 is 1.16 bits per heavy atom. The molecule has 0 saturated carbocycles. The van der Waals surface area contributed by atoms with Crippen LogP contribution in [0.2, 0.25) is 0 Å². The Kier molecular flexibility index (Phi) is 7.14. The number of anilines is 1. The van der Waals surface area contributed by atoms with Gasteiger partial charge in [-0.25, -0.2) is 33.3 Å². The van der Waals surface area contributed by atoms with Crippen molar-refractivity contribution in [3.63, 3.8) is 0 Å². The number of phosphoric acid groups is 1. The highest BCUT2D eigenvalue weighted by Gasteiger charge is 2.52. The number of phosphoric ester groups is 1. The number of Topliss-reactive ketones (excluding diaryl/α,β-unsaturated/α-hetero) is 1. The average molecular weight is 661 g/mol. The molecule has 7 heterocycles. The summed E-state index contributed by atoms with van der Waals surface area (Å²) >= 11 is 0. The summed E-state index contributed by atoms with van der Waals surface area (Å²) in [6.45, 7) is -1.40. The fraction of sp³-hybridized carbons (Fsp3) is 0.500. The molecule has 3 fully saturated rings. The minimum absolute atomic E-state index is 0.0149. The van der Waals surface area contributed by atoms with Gasteiger partial charge in [0.05, 0.1) is 18.5 Å². The van der Waals surface area contributed by atoms with E-state index in [9.17, 15) is 27.1 Å². The number of fused-ring (bicyclic) bond motifs is 4. The van der Waals surface area contributed by atoms with Crippen LogP contribution in [0.4, 0.5) is 20.4 Å². The number of nitrogen functional groups attached to an aromatic ring is 1. The largest absolute Gasteiger partial charge is 0.472 e. The molecule has 3 saturated heterocycles. The predicted molar refractivity (Wildman–Crippen MR) is 141 cm³/mol. The third-order valence-electron chi connectivity index (χ3n) is 7.52. The van der Waals surface area contributed by atoms with E-state index in [1.807, 2.05) is 0 Å². The lowest BCUT2D eigenvalue weighted by Crippen LogP contribution is -2.43. The minimum atomic E-state index is -5.04. The van der Waals surface area contributed by atoms with Gasteiger partial charge in [0.2, 0.25) is 0 Å². The molecule has 8 atom stereocenters. The normalized spacial score (nSPS) is 35.5. The second-order valence-corrected chi connectivity index (χ2v) is 13.0. The predicted octanol–water partition coefficient (Wildman–Crippen LogP) is 0.596. The summed E-state index contributed by atoms with van der Waals surface area (Å²) in [6.07, 6.45) is -6.39. The Labute approximate surface area is 246 Å². The molecule has 7 rings (SSSR count). The van der Waals surface area contributed by atoms with Gasteiger partial charge in [0.25, 0.3) is 0 Å². The second kappa shape index (κ2) is 10.7. The number of imidazole rings is 1. The van der Waals surface area contributed by atoms with Gasteiger partial charge in [0.1, 0.15) is 48.3 Å². The maximum absolute atomic E-state index is 15.8. The number of hydrogen-bond acceptors (Lipinski definition) is 14. The summed E-state index contributed by atoms with van der Waals surface area (Å²) in [7, 11) is -9.63. The van der Waals surface area contributed by atoms with E-state index in [2.05, 4.69) is 24.7 Å². The maximum Gasteiger partial charge on any atom is 0.472 e. The van der Waals surface area contributed by atoms with Crippen molar-refractivity contribution in [2.45, 2.75) is 55.9 Å². The number of aliphatic imine (C=N–C) groups is 1. The number of hydrogen-bond donors (Lipinski definition) is 3. The van der Waals surface area contributed by atoms with Crippen LogP contribution in [0, 0.1) is 5.82 Å². The van der Waals surface area contributed by atoms with Crippen molar-refractivity contribution in [2.24, 2.45) is 4.99 Å².